The van der Waals surface area contributed by atoms with Gasteiger partial charge in [0.2, 0.25) is 0 Å². The molecular formula is C13H16ClN3O2S. The van der Waals surface area contributed by atoms with Gasteiger partial charge in [-0.05, 0) is 18.6 Å². The van der Waals surface area contributed by atoms with Gasteiger partial charge >= 0.3 is 11.8 Å². The number of nitrogens with two attached hydrogens (primary N) is 1. The summed E-state index contributed by atoms with van der Waals surface area (Å²) in [6.07, 6.45) is 0. The van der Waals surface area contributed by atoms with Gasteiger partial charge in [-0.1, -0.05) is 42.0 Å². The first kappa shape index (κ1) is 16.4. The van der Waals surface area contributed by atoms with E-state index in [0.29, 0.717) is 5.02 Å². The molecule has 0 radical (unpaired) electrons. The molecule has 2 amide bonds. The lowest BCUT2D eigenvalue weighted by molar-refractivity contribution is -0.146. The van der Waals surface area contributed by atoms with Gasteiger partial charge in [0.25, 0.3) is 0 Å². The second kappa shape index (κ2) is 7.21. The van der Waals surface area contributed by atoms with Crippen LogP contribution in [0.3, 0.4) is 0 Å². The number of amides is 2. The number of thiocarbonyl (C=S) groups is 1. The van der Waals surface area contributed by atoms with Crippen molar-refractivity contribution < 1.29 is 9.59 Å². The predicted octanol–water partition coefficient (Wildman–Crippen LogP) is 1.26. The Labute approximate surface area is 128 Å². The number of likely N-dealkylation sites (N-methyl/N-ethyl adjacent to an activating group) is 1. The van der Waals surface area contributed by atoms with Crippen molar-refractivity contribution in [3.8, 4) is 0 Å². The Balaban J connectivity index is 2.76. The van der Waals surface area contributed by atoms with Crippen LogP contribution in [0.2, 0.25) is 5.02 Å². The Bertz CT molecular complexity index is 536. The number of hydrogen-bond acceptors (Lipinski definition) is 3. The molecular weight excluding hydrogens is 298 g/mol. The fraction of sp³-hybridized carbons (Fsp3) is 0.308. The van der Waals surface area contributed by atoms with Crippen LogP contribution in [0, 0.1) is 0 Å². The van der Waals surface area contributed by atoms with Gasteiger partial charge in [0.15, 0.2) is 0 Å². The van der Waals surface area contributed by atoms with Gasteiger partial charge in [-0.3, -0.25) is 9.59 Å². The summed E-state index contributed by atoms with van der Waals surface area (Å²) in [5, 5.41) is 2.90. The molecule has 1 unspecified atom stereocenters. The minimum absolute atomic E-state index is 0.00573. The van der Waals surface area contributed by atoms with Crippen molar-refractivity contribution in [2.75, 3.05) is 13.6 Å². The van der Waals surface area contributed by atoms with E-state index in [9.17, 15) is 9.59 Å². The fourth-order valence-electron chi connectivity index (χ4n) is 1.60. The number of hydrogen-bond donors (Lipinski definition) is 2. The summed E-state index contributed by atoms with van der Waals surface area (Å²) < 4.78 is 0. The van der Waals surface area contributed by atoms with E-state index in [2.05, 4.69) is 17.5 Å². The largest absolute Gasteiger partial charge is 0.392 e. The maximum atomic E-state index is 12.0. The monoisotopic (exact) mass is 313 g/mol. The van der Waals surface area contributed by atoms with Gasteiger partial charge in [-0.25, -0.2) is 0 Å². The lowest BCUT2D eigenvalue weighted by atomic mass is 10.1. The molecule has 0 saturated heterocycles. The van der Waals surface area contributed by atoms with Crippen LogP contribution in [-0.2, 0) is 9.59 Å². The molecule has 3 N–H and O–H groups in total. The van der Waals surface area contributed by atoms with E-state index in [-0.39, 0.29) is 17.6 Å². The highest BCUT2D eigenvalue weighted by Gasteiger charge is 2.24. The Kier molecular flexibility index (Phi) is 5.91. The van der Waals surface area contributed by atoms with Crippen LogP contribution in [0.1, 0.15) is 18.5 Å². The number of nitrogens with zero attached hydrogens (tertiary/aromatic N) is 1. The molecule has 108 valence electrons. The van der Waals surface area contributed by atoms with Crippen LogP contribution in [0.5, 0.6) is 0 Å². The van der Waals surface area contributed by atoms with Crippen molar-refractivity contribution in [1.82, 2.24) is 10.2 Å². The molecule has 20 heavy (non-hydrogen) atoms. The third kappa shape index (κ3) is 4.18. The number of benzene rings is 1. The van der Waals surface area contributed by atoms with Crippen LogP contribution < -0.4 is 11.1 Å². The Morgan fingerprint density at radius 1 is 1.45 bits per heavy atom. The van der Waals surface area contributed by atoms with Gasteiger partial charge in [-0.2, -0.15) is 0 Å². The number of nitrogens with one attached hydrogen (secondary N) is 1. The Hall–Kier alpha value is -1.66. The second-order valence-corrected chi connectivity index (χ2v) is 5.19. The zero-order chi connectivity index (χ0) is 15.3. The molecule has 1 atom stereocenters. The molecule has 5 nitrogen and oxygen atoms in total. The van der Waals surface area contributed by atoms with Gasteiger partial charge in [0.05, 0.1) is 17.6 Å². The quantitative estimate of drug-likeness (QED) is 0.648. The Morgan fingerprint density at radius 3 is 2.60 bits per heavy atom. The summed E-state index contributed by atoms with van der Waals surface area (Å²) >= 11 is 10.7. The summed E-state index contributed by atoms with van der Waals surface area (Å²) in [7, 11) is 1.54. The molecule has 1 aromatic rings. The molecule has 0 saturated carbocycles. The number of rotatable bonds is 4. The molecule has 1 aromatic carbocycles. The Morgan fingerprint density at radius 2 is 2.05 bits per heavy atom. The van der Waals surface area contributed by atoms with Crippen LogP contribution in [0.15, 0.2) is 24.3 Å². The molecule has 0 spiro atoms. The molecule has 0 aliphatic carbocycles. The smallest absolute Gasteiger partial charge is 0.312 e. The number of carbonyl (C=O) groups excluding carboxylic acids is 2. The zero-order valence-electron chi connectivity index (χ0n) is 11.2. The summed E-state index contributed by atoms with van der Waals surface area (Å²) in [6, 6.07) is 6.84. The molecule has 0 aliphatic rings. The molecule has 1 rings (SSSR count). The third-order valence-corrected chi connectivity index (χ3v) is 3.36. The highest BCUT2D eigenvalue weighted by atomic mass is 35.5. The van der Waals surface area contributed by atoms with Gasteiger partial charge in [-0.15, -0.1) is 0 Å². The van der Waals surface area contributed by atoms with E-state index in [1.165, 1.54) is 11.9 Å². The van der Waals surface area contributed by atoms with Gasteiger partial charge < -0.3 is 16.0 Å². The van der Waals surface area contributed by atoms with Crippen LogP contribution >= 0.6 is 23.8 Å². The summed E-state index contributed by atoms with van der Waals surface area (Å²) in [5.41, 5.74) is 6.03. The number of halogens is 1. The summed E-state index contributed by atoms with van der Waals surface area (Å²) in [6.45, 7) is 1.79. The highest BCUT2D eigenvalue weighted by molar-refractivity contribution is 7.80. The van der Waals surface area contributed by atoms with E-state index >= 15 is 0 Å². The zero-order valence-corrected chi connectivity index (χ0v) is 12.8. The molecule has 0 bridgehead atoms. The maximum absolute atomic E-state index is 12.0. The SMILES string of the molecule is CC(c1ccccc1Cl)N(C)C(=O)C(=O)NCC(N)=S. The van der Waals surface area contributed by atoms with Crippen molar-refractivity contribution in [3.63, 3.8) is 0 Å². The maximum Gasteiger partial charge on any atom is 0.312 e. The van der Waals surface area contributed by atoms with Gasteiger partial charge in [0.1, 0.15) is 0 Å². The van der Waals surface area contributed by atoms with E-state index in [0.717, 1.165) is 5.56 Å². The predicted molar refractivity (Wildman–Crippen MR) is 82.4 cm³/mol. The molecule has 0 heterocycles. The topological polar surface area (TPSA) is 75.4 Å². The lowest BCUT2D eigenvalue weighted by Gasteiger charge is -2.25. The standard InChI is InChI=1S/C13H16ClN3O2S/c1-8(9-5-3-4-6-10(9)14)17(2)13(19)12(18)16-7-11(15)20/h3-6,8H,7H2,1-2H3,(H2,15,20)(H,16,18). The summed E-state index contributed by atoms with van der Waals surface area (Å²) in [4.78, 5) is 25.1. The van der Waals surface area contributed by atoms with E-state index < -0.39 is 11.8 Å². The average Bonchev–Trinajstić information content (AvgIpc) is 2.42. The number of carbonyl (C=O) groups is 2. The molecule has 7 heteroatoms. The van der Waals surface area contributed by atoms with Crippen molar-refractivity contribution in [2.24, 2.45) is 5.73 Å². The molecule has 0 aliphatic heterocycles. The normalized spacial score (nSPS) is 11.6. The van der Waals surface area contributed by atoms with E-state index in [1.54, 1.807) is 19.1 Å². The fourth-order valence-corrected chi connectivity index (χ4v) is 1.97. The van der Waals surface area contributed by atoms with Gasteiger partial charge in [0, 0.05) is 12.1 Å². The van der Waals surface area contributed by atoms with E-state index in [1.807, 2.05) is 12.1 Å². The first-order chi connectivity index (χ1) is 9.34. The van der Waals surface area contributed by atoms with Crippen molar-refractivity contribution >= 4 is 40.6 Å². The van der Waals surface area contributed by atoms with Crippen LogP contribution in [-0.4, -0.2) is 35.3 Å². The second-order valence-electron chi connectivity index (χ2n) is 4.26. The average molecular weight is 314 g/mol. The molecule has 0 aromatic heterocycles. The van der Waals surface area contributed by atoms with E-state index in [4.69, 9.17) is 17.3 Å². The minimum Gasteiger partial charge on any atom is -0.392 e. The lowest BCUT2D eigenvalue weighted by Crippen LogP contribution is -2.44. The minimum atomic E-state index is -0.751. The van der Waals surface area contributed by atoms with Crippen molar-refractivity contribution in [1.29, 1.82) is 0 Å². The highest BCUT2D eigenvalue weighted by Crippen LogP contribution is 2.26. The van der Waals surface area contributed by atoms with Crippen LogP contribution in [0.25, 0.3) is 0 Å². The van der Waals surface area contributed by atoms with Crippen molar-refractivity contribution in [3.05, 3.63) is 34.9 Å². The van der Waals surface area contributed by atoms with Crippen LogP contribution in [0.4, 0.5) is 0 Å². The molecule has 0 fully saturated rings. The van der Waals surface area contributed by atoms with Crippen molar-refractivity contribution in [2.45, 2.75) is 13.0 Å². The first-order valence-corrected chi connectivity index (χ1v) is 6.71. The first-order valence-electron chi connectivity index (χ1n) is 5.92. The third-order valence-electron chi connectivity index (χ3n) is 2.87. The summed E-state index contributed by atoms with van der Waals surface area (Å²) in [5.74, 6) is -1.42.